The van der Waals surface area contributed by atoms with Crippen molar-refractivity contribution in [2.45, 2.75) is 6.04 Å². The molecule has 3 rings (SSSR count). The highest BCUT2D eigenvalue weighted by molar-refractivity contribution is 9.13. The minimum Gasteiger partial charge on any atom is -0.309 e. The number of halogens is 2. The van der Waals surface area contributed by atoms with Crippen LogP contribution in [0.1, 0.15) is 16.5 Å². The topological polar surface area (TPSA) is 12.0 Å². The molecule has 0 aliphatic heterocycles. The number of nitrogens with one attached hydrogen (secondary N) is 1. The molecule has 3 aromatic rings. The first kappa shape index (κ1) is 13.8. The zero-order chi connectivity index (χ0) is 13.4. The fraction of sp³-hybridized carbons (Fsp3) is 0.143. The molecular weight excluding hydrogens is 406 g/mol. The summed E-state index contributed by atoms with van der Waals surface area (Å²) in [5.74, 6) is 0. The van der Waals surface area contributed by atoms with E-state index in [-0.39, 0.29) is 6.04 Å². The van der Waals surface area contributed by atoms with Crippen LogP contribution in [-0.4, -0.2) is 7.05 Å². The molecule has 0 saturated carbocycles. The molecule has 0 saturated heterocycles. The Kier molecular flexibility index (Phi) is 4.10. The van der Waals surface area contributed by atoms with Gasteiger partial charge >= 0.3 is 0 Å². The van der Waals surface area contributed by atoms with Gasteiger partial charge in [-0.25, -0.2) is 0 Å². The van der Waals surface area contributed by atoms with E-state index < -0.39 is 0 Å². The third kappa shape index (κ3) is 2.54. The van der Waals surface area contributed by atoms with Gasteiger partial charge in [-0.3, -0.25) is 0 Å². The molecule has 19 heavy (non-hydrogen) atoms. The Morgan fingerprint density at radius 3 is 2.68 bits per heavy atom. The molecule has 1 aromatic carbocycles. The molecule has 0 spiro atoms. The molecule has 0 fully saturated rings. The molecule has 2 heterocycles. The Balaban J connectivity index is 2.12. The summed E-state index contributed by atoms with van der Waals surface area (Å²) in [5.41, 5.74) is 1.35. The van der Waals surface area contributed by atoms with Gasteiger partial charge in [0.25, 0.3) is 0 Å². The van der Waals surface area contributed by atoms with Gasteiger partial charge in [0.1, 0.15) is 0 Å². The van der Waals surface area contributed by atoms with Gasteiger partial charge in [-0.15, -0.1) is 22.7 Å². The van der Waals surface area contributed by atoms with Crippen LogP contribution in [0.25, 0.3) is 10.1 Å². The Morgan fingerprint density at radius 1 is 1.21 bits per heavy atom. The molecule has 0 radical (unpaired) electrons. The largest absolute Gasteiger partial charge is 0.309 e. The highest BCUT2D eigenvalue weighted by atomic mass is 79.9. The molecule has 2 aromatic heterocycles. The standard InChI is InChI=1S/C14H11Br2NS2/c1-17-13(12-6-10(15)14(16)19-12)9-7-18-11-5-3-2-4-8(9)11/h2-7,13,17H,1H3. The predicted molar refractivity (Wildman–Crippen MR) is 92.4 cm³/mol. The quantitative estimate of drug-likeness (QED) is 0.569. The lowest BCUT2D eigenvalue weighted by molar-refractivity contribution is 0.711. The van der Waals surface area contributed by atoms with Crippen LogP contribution in [-0.2, 0) is 0 Å². The van der Waals surface area contributed by atoms with Gasteiger partial charge in [0.15, 0.2) is 0 Å². The van der Waals surface area contributed by atoms with Crippen molar-refractivity contribution in [3.8, 4) is 0 Å². The predicted octanol–water partition coefficient (Wildman–Crippen LogP) is 5.80. The third-order valence-electron chi connectivity index (χ3n) is 3.06. The monoisotopic (exact) mass is 415 g/mol. The molecule has 0 bridgehead atoms. The minimum atomic E-state index is 0.240. The second kappa shape index (κ2) is 5.66. The van der Waals surface area contributed by atoms with E-state index in [1.807, 2.05) is 7.05 Å². The van der Waals surface area contributed by atoms with E-state index in [4.69, 9.17) is 0 Å². The first-order valence-electron chi connectivity index (χ1n) is 5.79. The number of fused-ring (bicyclic) bond motifs is 1. The Bertz CT molecular complexity index is 698. The van der Waals surface area contributed by atoms with Crippen LogP contribution in [0.4, 0.5) is 0 Å². The van der Waals surface area contributed by atoms with Crippen molar-refractivity contribution < 1.29 is 0 Å². The Hall–Kier alpha value is -0.200. The van der Waals surface area contributed by atoms with Crippen molar-refractivity contribution in [3.05, 3.63) is 54.4 Å². The fourth-order valence-corrected chi connectivity index (χ4v) is 5.38. The van der Waals surface area contributed by atoms with Gasteiger partial charge in [-0.2, -0.15) is 0 Å². The lowest BCUT2D eigenvalue weighted by Crippen LogP contribution is -2.15. The van der Waals surface area contributed by atoms with Crippen LogP contribution in [0.2, 0.25) is 0 Å². The third-order valence-corrected chi connectivity index (χ3v) is 7.36. The second-order valence-corrected chi connectivity index (χ2v) is 8.35. The van der Waals surface area contributed by atoms with Gasteiger partial charge in [0.05, 0.1) is 9.83 Å². The molecule has 0 aliphatic rings. The number of thiophene rings is 2. The minimum absolute atomic E-state index is 0.240. The van der Waals surface area contributed by atoms with E-state index in [9.17, 15) is 0 Å². The normalized spacial score (nSPS) is 13.0. The average Bonchev–Trinajstić information content (AvgIpc) is 2.97. The number of benzene rings is 1. The summed E-state index contributed by atoms with van der Waals surface area (Å²) in [7, 11) is 2.01. The summed E-state index contributed by atoms with van der Waals surface area (Å²) in [6, 6.07) is 11.0. The van der Waals surface area contributed by atoms with E-state index in [0.29, 0.717) is 0 Å². The maximum Gasteiger partial charge on any atom is 0.0843 e. The van der Waals surface area contributed by atoms with Crippen LogP contribution in [0, 0.1) is 0 Å². The van der Waals surface area contributed by atoms with E-state index in [1.165, 1.54) is 20.5 Å². The number of hydrogen-bond acceptors (Lipinski definition) is 3. The van der Waals surface area contributed by atoms with Crippen molar-refractivity contribution >= 4 is 64.6 Å². The van der Waals surface area contributed by atoms with Crippen LogP contribution in [0.15, 0.2) is 44.0 Å². The van der Waals surface area contributed by atoms with Gasteiger partial charge in [0.2, 0.25) is 0 Å². The first-order valence-corrected chi connectivity index (χ1v) is 9.07. The van der Waals surface area contributed by atoms with Crippen molar-refractivity contribution in [2.75, 3.05) is 7.05 Å². The SMILES string of the molecule is CNC(c1cc(Br)c(Br)s1)c1csc2ccccc12. The summed E-state index contributed by atoms with van der Waals surface area (Å²) in [4.78, 5) is 1.31. The van der Waals surface area contributed by atoms with Crippen LogP contribution < -0.4 is 5.32 Å². The van der Waals surface area contributed by atoms with Crippen molar-refractivity contribution in [2.24, 2.45) is 0 Å². The van der Waals surface area contributed by atoms with E-state index in [1.54, 1.807) is 22.7 Å². The fourth-order valence-electron chi connectivity index (χ4n) is 2.18. The lowest BCUT2D eigenvalue weighted by atomic mass is 10.0. The lowest BCUT2D eigenvalue weighted by Gasteiger charge is -2.13. The summed E-state index contributed by atoms with van der Waals surface area (Å²) in [5, 5.41) is 7.03. The maximum absolute atomic E-state index is 3.57. The molecule has 1 N–H and O–H groups in total. The summed E-state index contributed by atoms with van der Waals surface area (Å²) in [6.07, 6.45) is 0. The Labute approximate surface area is 136 Å². The van der Waals surface area contributed by atoms with Crippen molar-refractivity contribution in [3.63, 3.8) is 0 Å². The smallest absolute Gasteiger partial charge is 0.0843 e. The summed E-state index contributed by atoms with van der Waals surface area (Å²) >= 11 is 10.7. The molecule has 98 valence electrons. The van der Waals surface area contributed by atoms with Crippen LogP contribution >= 0.6 is 54.5 Å². The highest BCUT2D eigenvalue weighted by Gasteiger charge is 2.19. The molecule has 0 amide bonds. The summed E-state index contributed by atoms with van der Waals surface area (Å²) < 4.78 is 3.60. The molecule has 1 nitrogen and oxygen atoms in total. The van der Waals surface area contributed by atoms with Crippen molar-refractivity contribution in [1.82, 2.24) is 5.32 Å². The molecule has 5 heteroatoms. The number of hydrogen-bond donors (Lipinski definition) is 1. The van der Waals surface area contributed by atoms with Gasteiger partial charge in [-0.1, -0.05) is 18.2 Å². The van der Waals surface area contributed by atoms with Crippen molar-refractivity contribution in [1.29, 1.82) is 0 Å². The zero-order valence-electron chi connectivity index (χ0n) is 10.1. The van der Waals surface area contributed by atoms with Crippen LogP contribution in [0.5, 0.6) is 0 Å². The van der Waals surface area contributed by atoms with E-state index >= 15 is 0 Å². The van der Waals surface area contributed by atoms with Gasteiger partial charge in [-0.05, 0) is 67.4 Å². The van der Waals surface area contributed by atoms with E-state index in [0.717, 1.165) is 8.26 Å². The average molecular weight is 417 g/mol. The Morgan fingerprint density at radius 2 is 2.00 bits per heavy atom. The molecular formula is C14H11Br2NS2. The van der Waals surface area contributed by atoms with E-state index in [2.05, 4.69) is 72.9 Å². The van der Waals surface area contributed by atoms with Gasteiger partial charge < -0.3 is 5.32 Å². The zero-order valence-corrected chi connectivity index (χ0v) is 14.9. The summed E-state index contributed by atoms with van der Waals surface area (Å²) in [6.45, 7) is 0. The first-order chi connectivity index (χ1) is 9.20. The molecule has 0 aliphatic carbocycles. The molecule has 1 unspecified atom stereocenters. The highest BCUT2D eigenvalue weighted by Crippen LogP contribution is 2.40. The number of rotatable bonds is 3. The van der Waals surface area contributed by atoms with Crippen LogP contribution in [0.3, 0.4) is 0 Å². The second-order valence-electron chi connectivity index (χ2n) is 4.18. The molecule has 1 atom stereocenters. The maximum atomic E-state index is 3.57. The van der Waals surface area contributed by atoms with Gasteiger partial charge in [0, 0.05) is 14.0 Å².